The molecule has 27 heavy (non-hydrogen) atoms. The van der Waals surface area contributed by atoms with E-state index in [0.717, 1.165) is 51.4 Å². The van der Waals surface area contributed by atoms with Gasteiger partial charge in [0.2, 0.25) is 11.8 Å². The van der Waals surface area contributed by atoms with Crippen molar-refractivity contribution in [2.24, 2.45) is 5.92 Å². The van der Waals surface area contributed by atoms with Crippen molar-refractivity contribution in [3.63, 3.8) is 0 Å². The van der Waals surface area contributed by atoms with Gasteiger partial charge in [0.05, 0.1) is 30.7 Å². The molecule has 0 aliphatic carbocycles. The smallest absolute Gasteiger partial charge is 0.248 e. The van der Waals surface area contributed by atoms with Gasteiger partial charge in [0.25, 0.3) is 0 Å². The first-order chi connectivity index (χ1) is 13.2. The largest absolute Gasteiger partial charge is 0.379 e. The number of amides is 2. The summed E-state index contributed by atoms with van der Waals surface area (Å²) in [6.45, 7) is 4.37. The molecule has 4 aliphatic rings. The van der Waals surface area contributed by atoms with E-state index in [0.29, 0.717) is 5.25 Å². The Labute approximate surface area is 168 Å². The Morgan fingerprint density at radius 1 is 1.19 bits per heavy atom. The zero-order valence-electron chi connectivity index (χ0n) is 15.6. The van der Waals surface area contributed by atoms with Gasteiger partial charge in [-0.05, 0) is 25.1 Å². The number of hydrogen-bond donors (Lipinski definition) is 4. The lowest BCUT2D eigenvalue weighted by Crippen LogP contribution is -2.64. The molecule has 0 saturated carbocycles. The number of piperidine rings is 1. The molecule has 0 bridgehead atoms. The molecule has 6 unspecified atom stereocenters. The number of thioether (sulfide) groups is 2. The summed E-state index contributed by atoms with van der Waals surface area (Å²) in [5, 5.41) is 13.1. The standard InChI is InChI=1S/C17H29N5O3S2/c1-18-14(23)10-3-9-26-16(10)21-15(24)17-20-12-11(27-17)2-4-19-13(12)22-5-7-25-8-6-22/h10-13,16-17,19-20H,2-9H2,1H3,(H,18,23)(H,21,24). The van der Waals surface area contributed by atoms with E-state index in [2.05, 4.69) is 26.2 Å². The Morgan fingerprint density at radius 2 is 2.00 bits per heavy atom. The van der Waals surface area contributed by atoms with Gasteiger partial charge in [-0.1, -0.05) is 0 Å². The molecule has 0 aromatic carbocycles. The Kier molecular flexibility index (Phi) is 6.50. The van der Waals surface area contributed by atoms with Crippen molar-refractivity contribution in [3.05, 3.63) is 0 Å². The summed E-state index contributed by atoms with van der Waals surface area (Å²) in [5.74, 6) is 0.786. The van der Waals surface area contributed by atoms with Gasteiger partial charge in [0, 0.05) is 31.4 Å². The predicted molar refractivity (Wildman–Crippen MR) is 107 cm³/mol. The summed E-state index contributed by atoms with van der Waals surface area (Å²) >= 11 is 3.40. The molecule has 4 saturated heterocycles. The Hall–Kier alpha value is -0.520. The van der Waals surface area contributed by atoms with Crippen LogP contribution in [-0.4, -0.2) is 90.6 Å². The van der Waals surface area contributed by atoms with Crippen LogP contribution in [0.4, 0.5) is 0 Å². The van der Waals surface area contributed by atoms with E-state index in [1.807, 2.05) is 0 Å². The first kappa shape index (κ1) is 19.8. The van der Waals surface area contributed by atoms with E-state index < -0.39 is 0 Å². The van der Waals surface area contributed by atoms with E-state index >= 15 is 0 Å². The number of carbonyl (C=O) groups excluding carboxylic acids is 2. The Morgan fingerprint density at radius 3 is 2.78 bits per heavy atom. The lowest BCUT2D eigenvalue weighted by Gasteiger charge is -2.42. The Balaban J connectivity index is 1.36. The molecule has 0 aromatic rings. The first-order valence-corrected chi connectivity index (χ1v) is 11.8. The molecule has 8 nitrogen and oxygen atoms in total. The lowest BCUT2D eigenvalue weighted by molar-refractivity contribution is -0.125. The number of ether oxygens (including phenoxy) is 1. The van der Waals surface area contributed by atoms with Crippen molar-refractivity contribution >= 4 is 35.3 Å². The van der Waals surface area contributed by atoms with Crippen LogP contribution in [0.15, 0.2) is 0 Å². The van der Waals surface area contributed by atoms with E-state index in [4.69, 9.17) is 4.74 Å². The van der Waals surface area contributed by atoms with Crippen LogP contribution in [0.3, 0.4) is 0 Å². The van der Waals surface area contributed by atoms with Crippen LogP contribution >= 0.6 is 23.5 Å². The molecule has 152 valence electrons. The molecule has 4 aliphatic heterocycles. The van der Waals surface area contributed by atoms with Crippen LogP contribution in [0.5, 0.6) is 0 Å². The highest BCUT2D eigenvalue weighted by Crippen LogP contribution is 2.36. The van der Waals surface area contributed by atoms with Gasteiger partial charge in [-0.2, -0.15) is 0 Å². The van der Waals surface area contributed by atoms with Crippen molar-refractivity contribution in [2.75, 3.05) is 45.6 Å². The fraction of sp³-hybridized carbons (Fsp3) is 0.882. The maximum Gasteiger partial charge on any atom is 0.248 e. The minimum absolute atomic E-state index is 0.00318. The van der Waals surface area contributed by atoms with Crippen LogP contribution in [0.2, 0.25) is 0 Å². The van der Waals surface area contributed by atoms with Gasteiger partial charge < -0.3 is 20.7 Å². The van der Waals surface area contributed by atoms with Crippen LogP contribution < -0.4 is 21.3 Å². The maximum atomic E-state index is 12.9. The molecule has 4 heterocycles. The quantitative estimate of drug-likeness (QED) is 0.464. The van der Waals surface area contributed by atoms with E-state index in [9.17, 15) is 9.59 Å². The van der Waals surface area contributed by atoms with Gasteiger partial charge in [0.1, 0.15) is 5.37 Å². The Bertz CT molecular complexity index is 563. The topological polar surface area (TPSA) is 94.7 Å². The minimum Gasteiger partial charge on any atom is -0.379 e. The van der Waals surface area contributed by atoms with Gasteiger partial charge >= 0.3 is 0 Å². The SMILES string of the molecule is CNC(=O)C1CCSC1NC(=O)C1NC2C(CCNC2N2CCOCC2)S1. The monoisotopic (exact) mass is 415 g/mol. The zero-order chi connectivity index (χ0) is 18.8. The summed E-state index contributed by atoms with van der Waals surface area (Å²) in [6.07, 6.45) is 2.12. The molecule has 4 N–H and O–H groups in total. The fourth-order valence-electron chi connectivity index (χ4n) is 4.37. The molecule has 0 radical (unpaired) electrons. The highest BCUT2D eigenvalue weighted by molar-refractivity contribution is 8.01. The number of morpholine rings is 1. The van der Waals surface area contributed by atoms with Gasteiger partial charge in [-0.25, -0.2) is 0 Å². The molecule has 6 atom stereocenters. The van der Waals surface area contributed by atoms with E-state index in [-0.39, 0.29) is 40.7 Å². The number of hydrogen-bond acceptors (Lipinski definition) is 8. The molecule has 2 amide bonds. The lowest BCUT2D eigenvalue weighted by atomic mass is 10.0. The summed E-state index contributed by atoms with van der Waals surface area (Å²) in [7, 11) is 1.65. The maximum absolute atomic E-state index is 12.9. The zero-order valence-corrected chi connectivity index (χ0v) is 17.2. The van der Waals surface area contributed by atoms with Gasteiger partial charge in [0.15, 0.2) is 0 Å². The van der Waals surface area contributed by atoms with E-state index in [1.165, 1.54) is 0 Å². The van der Waals surface area contributed by atoms with Crippen molar-refractivity contribution < 1.29 is 14.3 Å². The highest BCUT2D eigenvalue weighted by atomic mass is 32.2. The summed E-state index contributed by atoms with van der Waals surface area (Å²) in [6, 6.07) is 0.253. The second kappa shape index (κ2) is 8.87. The van der Waals surface area contributed by atoms with Crippen LogP contribution in [0.25, 0.3) is 0 Å². The number of nitrogens with one attached hydrogen (secondary N) is 4. The molecule has 0 aromatic heterocycles. The minimum atomic E-state index is -0.255. The second-order valence-corrected chi connectivity index (χ2v) is 9.99. The molecule has 4 rings (SSSR count). The molecular weight excluding hydrogens is 386 g/mol. The first-order valence-electron chi connectivity index (χ1n) is 9.77. The number of fused-ring (bicyclic) bond motifs is 1. The van der Waals surface area contributed by atoms with E-state index in [1.54, 1.807) is 30.6 Å². The van der Waals surface area contributed by atoms with Crippen LogP contribution in [0, 0.1) is 5.92 Å². The number of nitrogens with zero attached hydrogens (tertiary/aromatic N) is 1. The average Bonchev–Trinajstić information content (AvgIpc) is 3.34. The number of rotatable bonds is 4. The third kappa shape index (κ3) is 4.25. The second-order valence-electron chi connectivity index (χ2n) is 7.39. The molecular formula is C17H29N5O3S2. The van der Waals surface area contributed by atoms with Crippen molar-refractivity contribution in [3.8, 4) is 0 Å². The number of carbonyl (C=O) groups is 2. The third-order valence-corrected chi connectivity index (χ3v) is 8.59. The van der Waals surface area contributed by atoms with Crippen molar-refractivity contribution in [2.45, 2.75) is 41.0 Å². The summed E-state index contributed by atoms with van der Waals surface area (Å²) < 4.78 is 5.48. The normalized spacial score (nSPS) is 39.7. The predicted octanol–water partition coefficient (Wildman–Crippen LogP) is -1.02. The third-order valence-electron chi connectivity index (χ3n) is 5.81. The highest BCUT2D eigenvalue weighted by Gasteiger charge is 2.46. The van der Waals surface area contributed by atoms with Gasteiger partial charge in [-0.15, -0.1) is 23.5 Å². The van der Waals surface area contributed by atoms with Crippen LogP contribution in [0.1, 0.15) is 12.8 Å². The van der Waals surface area contributed by atoms with Gasteiger partial charge in [-0.3, -0.25) is 19.8 Å². The summed E-state index contributed by atoms with van der Waals surface area (Å²) in [4.78, 5) is 27.4. The van der Waals surface area contributed by atoms with Crippen LogP contribution in [-0.2, 0) is 14.3 Å². The molecule has 10 heteroatoms. The fourth-order valence-corrected chi connectivity index (χ4v) is 7.14. The molecule has 0 spiro atoms. The van der Waals surface area contributed by atoms with Crippen molar-refractivity contribution in [1.29, 1.82) is 0 Å². The summed E-state index contributed by atoms with van der Waals surface area (Å²) in [5.41, 5.74) is 0. The molecule has 4 fully saturated rings. The van der Waals surface area contributed by atoms with Crippen molar-refractivity contribution in [1.82, 2.24) is 26.2 Å². The average molecular weight is 416 g/mol.